The lowest BCUT2D eigenvalue weighted by Crippen LogP contribution is -2.30. The van der Waals surface area contributed by atoms with Crippen molar-refractivity contribution in [3.05, 3.63) is 48.0 Å². The van der Waals surface area contributed by atoms with Gasteiger partial charge in [0.05, 0.1) is 32.6 Å². The molecule has 0 saturated heterocycles. The molecule has 0 spiro atoms. The Morgan fingerprint density at radius 3 is 2.15 bits per heavy atom. The van der Waals surface area contributed by atoms with E-state index in [9.17, 15) is 9.59 Å². The lowest BCUT2D eigenvalue weighted by atomic mass is 10.1. The molecule has 0 heterocycles. The molecule has 0 saturated carbocycles. The van der Waals surface area contributed by atoms with Gasteiger partial charge in [0.1, 0.15) is 5.75 Å². The first-order valence-corrected chi connectivity index (χ1v) is 7.87. The summed E-state index contributed by atoms with van der Waals surface area (Å²) in [5.74, 6) is 0.242. The van der Waals surface area contributed by atoms with Crippen LogP contribution in [-0.4, -0.2) is 39.3 Å². The van der Waals surface area contributed by atoms with Crippen LogP contribution in [0, 0.1) is 0 Å². The van der Waals surface area contributed by atoms with Crippen molar-refractivity contribution in [1.29, 1.82) is 0 Å². The Morgan fingerprint density at radius 2 is 1.58 bits per heavy atom. The van der Waals surface area contributed by atoms with Gasteiger partial charge in [0.2, 0.25) is 0 Å². The molecular formula is C19H21NO6. The first-order chi connectivity index (χ1) is 12.5. The molecule has 0 fully saturated rings. The predicted octanol–water partition coefficient (Wildman–Crippen LogP) is 2.90. The third-order valence-electron chi connectivity index (χ3n) is 3.61. The Labute approximate surface area is 151 Å². The van der Waals surface area contributed by atoms with E-state index < -0.39 is 18.0 Å². The number of methoxy groups -OCH3 is 3. The Balaban J connectivity index is 2.25. The van der Waals surface area contributed by atoms with Crippen LogP contribution < -0.4 is 19.5 Å². The fourth-order valence-electron chi connectivity index (χ4n) is 2.25. The van der Waals surface area contributed by atoms with Gasteiger partial charge in [-0.2, -0.15) is 0 Å². The maximum absolute atomic E-state index is 12.5. The number of anilines is 1. The normalized spacial score (nSPS) is 11.2. The highest BCUT2D eigenvalue weighted by molar-refractivity contribution is 6.03. The van der Waals surface area contributed by atoms with Gasteiger partial charge in [-0.05, 0) is 19.1 Å². The highest BCUT2D eigenvalue weighted by atomic mass is 16.5. The number of hydrogen-bond donors (Lipinski definition) is 1. The molecule has 7 heteroatoms. The molecule has 0 aromatic heterocycles. The van der Waals surface area contributed by atoms with Gasteiger partial charge in [-0.1, -0.05) is 18.2 Å². The summed E-state index contributed by atoms with van der Waals surface area (Å²) >= 11 is 0. The van der Waals surface area contributed by atoms with Crippen molar-refractivity contribution in [3.63, 3.8) is 0 Å². The van der Waals surface area contributed by atoms with Crippen molar-refractivity contribution in [2.24, 2.45) is 0 Å². The number of benzene rings is 2. The number of para-hydroxylation sites is 1. The molecule has 1 amide bonds. The summed E-state index contributed by atoms with van der Waals surface area (Å²) in [4.78, 5) is 24.5. The van der Waals surface area contributed by atoms with E-state index in [-0.39, 0.29) is 11.3 Å². The van der Waals surface area contributed by atoms with Crippen LogP contribution in [0.3, 0.4) is 0 Å². The summed E-state index contributed by atoms with van der Waals surface area (Å²) in [5.41, 5.74) is 0.383. The molecule has 0 aliphatic carbocycles. The van der Waals surface area contributed by atoms with E-state index in [1.165, 1.54) is 33.5 Å². The van der Waals surface area contributed by atoms with Gasteiger partial charge in [0.25, 0.3) is 5.91 Å². The van der Waals surface area contributed by atoms with Gasteiger partial charge in [-0.15, -0.1) is 0 Å². The summed E-state index contributed by atoms with van der Waals surface area (Å²) in [7, 11) is 4.17. The molecular weight excluding hydrogens is 338 g/mol. The highest BCUT2D eigenvalue weighted by Crippen LogP contribution is 2.34. The van der Waals surface area contributed by atoms with Crippen molar-refractivity contribution < 1.29 is 28.5 Å². The van der Waals surface area contributed by atoms with Gasteiger partial charge in [-0.25, -0.2) is 4.79 Å². The van der Waals surface area contributed by atoms with Crippen LogP contribution in [0.2, 0.25) is 0 Å². The minimum atomic E-state index is -0.781. The van der Waals surface area contributed by atoms with E-state index >= 15 is 0 Å². The summed E-state index contributed by atoms with van der Waals surface area (Å²) in [6.07, 6.45) is -0.781. The second-order valence-electron chi connectivity index (χ2n) is 5.31. The number of carbonyl (C=O) groups excluding carboxylic acids is 2. The second-order valence-corrected chi connectivity index (χ2v) is 5.31. The van der Waals surface area contributed by atoms with Gasteiger partial charge in [-0.3, -0.25) is 4.79 Å². The average Bonchev–Trinajstić information content (AvgIpc) is 2.67. The summed E-state index contributed by atoms with van der Waals surface area (Å²) in [6, 6.07) is 11.9. The van der Waals surface area contributed by atoms with E-state index in [0.717, 1.165) is 0 Å². The monoisotopic (exact) mass is 359 g/mol. The van der Waals surface area contributed by atoms with Crippen molar-refractivity contribution in [2.75, 3.05) is 26.6 Å². The van der Waals surface area contributed by atoms with Crippen LogP contribution in [0.4, 0.5) is 5.69 Å². The molecule has 138 valence electrons. The van der Waals surface area contributed by atoms with E-state index in [2.05, 4.69) is 5.32 Å². The zero-order valence-corrected chi connectivity index (χ0v) is 15.1. The van der Waals surface area contributed by atoms with Crippen LogP contribution >= 0.6 is 0 Å². The van der Waals surface area contributed by atoms with E-state index in [1.54, 1.807) is 19.1 Å². The number of esters is 1. The molecule has 1 N–H and O–H groups in total. The van der Waals surface area contributed by atoms with Gasteiger partial charge in [0, 0.05) is 12.1 Å². The third kappa shape index (κ3) is 4.44. The van der Waals surface area contributed by atoms with Crippen molar-refractivity contribution >= 4 is 17.6 Å². The summed E-state index contributed by atoms with van der Waals surface area (Å²) in [6.45, 7) is 1.61. The fourth-order valence-corrected chi connectivity index (χ4v) is 2.25. The van der Waals surface area contributed by atoms with Crippen molar-refractivity contribution in [1.82, 2.24) is 0 Å². The average molecular weight is 359 g/mol. The Bertz CT molecular complexity index is 775. The molecule has 2 aromatic carbocycles. The maximum Gasteiger partial charge on any atom is 0.340 e. The van der Waals surface area contributed by atoms with Gasteiger partial charge in [0.15, 0.2) is 17.6 Å². The van der Waals surface area contributed by atoms with Crippen LogP contribution in [0.15, 0.2) is 42.5 Å². The first-order valence-electron chi connectivity index (χ1n) is 7.87. The Kier molecular flexibility index (Phi) is 6.43. The first kappa shape index (κ1) is 19.1. The van der Waals surface area contributed by atoms with Crippen molar-refractivity contribution in [2.45, 2.75) is 13.0 Å². The van der Waals surface area contributed by atoms with E-state index in [0.29, 0.717) is 17.2 Å². The lowest BCUT2D eigenvalue weighted by Gasteiger charge is -2.17. The number of carbonyl (C=O) groups is 2. The standard InChI is InChI=1S/C19H21NO6/c1-12(26-13-8-6-5-7-9-13)18(21)20-15-11-17(24-3)16(23-2)10-14(15)19(22)25-4/h5-12H,1-4H3,(H,20,21)/t12-/m1/s1. The molecule has 0 radical (unpaired) electrons. The smallest absolute Gasteiger partial charge is 0.340 e. The maximum atomic E-state index is 12.5. The minimum absolute atomic E-state index is 0.144. The molecule has 26 heavy (non-hydrogen) atoms. The fraction of sp³-hybridized carbons (Fsp3) is 0.263. The van der Waals surface area contributed by atoms with E-state index in [4.69, 9.17) is 18.9 Å². The lowest BCUT2D eigenvalue weighted by molar-refractivity contribution is -0.122. The molecule has 7 nitrogen and oxygen atoms in total. The largest absolute Gasteiger partial charge is 0.493 e. The van der Waals surface area contributed by atoms with E-state index in [1.807, 2.05) is 18.2 Å². The Hall–Kier alpha value is -3.22. The quantitative estimate of drug-likeness (QED) is 0.766. The number of nitrogens with one attached hydrogen (secondary N) is 1. The van der Waals surface area contributed by atoms with Crippen LogP contribution in [0.25, 0.3) is 0 Å². The molecule has 0 bridgehead atoms. The number of ether oxygens (including phenoxy) is 4. The van der Waals surface area contributed by atoms with Crippen LogP contribution in [0.1, 0.15) is 17.3 Å². The zero-order chi connectivity index (χ0) is 19.1. The topological polar surface area (TPSA) is 83.1 Å². The Morgan fingerprint density at radius 1 is 0.962 bits per heavy atom. The summed E-state index contributed by atoms with van der Waals surface area (Å²) in [5, 5.41) is 2.67. The van der Waals surface area contributed by atoms with Crippen LogP contribution in [0.5, 0.6) is 17.2 Å². The molecule has 0 aliphatic heterocycles. The second kappa shape index (κ2) is 8.75. The van der Waals surface area contributed by atoms with Crippen molar-refractivity contribution in [3.8, 4) is 17.2 Å². The molecule has 2 rings (SSSR count). The predicted molar refractivity (Wildman–Crippen MR) is 96.0 cm³/mol. The van der Waals surface area contributed by atoms with Gasteiger partial charge < -0.3 is 24.3 Å². The zero-order valence-electron chi connectivity index (χ0n) is 15.1. The molecule has 0 unspecified atom stereocenters. The SMILES string of the molecule is COC(=O)c1cc(OC)c(OC)cc1NC(=O)[C@@H](C)Oc1ccccc1. The molecule has 2 aromatic rings. The number of hydrogen-bond acceptors (Lipinski definition) is 6. The highest BCUT2D eigenvalue weighted by Gasteiger charge is 2.22. The molecule has 1 atom stereocenters. The number of rotatable bonds is 7. The number of amides is 1. The summed E-state index contributed by atoms with van der Waals surface area (Å²) < 4.78 is 20.8. The van der Waals surface area contributed by atoms with Gasteiger partial charge >= 0.3 is 5.97 Å². The third-order valence-corrected chi connectivity index (χ3v) is 3.61. The molecule has 0 aliphatic rings. The van der Waals surface area contributed by atoms with Crippen LogP contribution in [-0.2, 0) is 9.53 Å². The minimum Gasteiger partial charge on any atom is -0.493 e.